The minimum atomic E-state index is -2.71. The number of rotatable bonds is 6. The molecule has 0 aliphatic heterocycles. The maximum atomic E-state index is 10.5. The van der Waals surface area contributed by atoms with Crippen molar-refractivity contribution in [1.29, 1.82) is 15.8 Å². The molecule has 4 nitrogen and oxygen atoms in total. The number of hydrogen-bond donors (Lipinski definition) is 0. The van der Waals surface area contributed by atoms with Crippen molar-refractivity contribution >= 4 is 50.6 Å². The molecule has 0 unspecified atom stereocenters. The summed E-state index contributed by atoms with van der Waals surface area (Å²) >= 11 is 0. The first-order valence-corrected chi connectivity index (χ1v) is 18.4. The molecule has 1 heterocycles. The van der Waals surface area contributed by atoms with E-state index in [0.717, 1.165) is 27.4 Å². The van der Waals surface area contributed by atoms with Crippen LogP contribution in [0.3, 0.4) is 0 Å². The van der Waals surface area contributed by atoms with E-state index in [4.69, 9.17) is 0 Å². The minimum absolute atomic E-state index is 0.455. The Morgan fingerprint density at radius 3 is 1.50 bits per heavy atom. The van der Waals surface area contributed by atoms with E-state index in [1.807, 2.05) is 53.1 Å². The molecule has 0 saturated carbocycles. The van der Waals surface area contributed by atoms with Gasteiger partial charge in [-0.05, 0) is 62.7 Å². The zero-order chi connectivity index (χ0) is 34.1. The van der Waals surface area contributed by atoms with Crippen LogP contribution >= 0.6 is 0 Å². The maximum Gasteiger partial charge on any atom is 0.179 e. The Morgan fingerprint density at radius 2 is 0.940 bits per heavy atom. The van der Waals surface area contributed by atoms with Crippen molar-refractivity contribution in [3.63, 3.8) is 0 Å². The van der Waals surface area contributed by atoms with Crippen LogP contribution in [0.25, 0.3) is 38.6 Å². The van der Waals surface area contributed by atoms with Crippen LogP contribution in [0.1, 0.15) is 16.7 Å². The average molecular weight is 653 g/mol. The highest BCUT2D eigenvalue weighted by Gasteiger charge is 2.41. The third-order valence-corrected chi connectivity index (χ3v) is 14.5. The van der Waals surface area contributed by atoms with Crippen LogP contribution in [0.2, 0.25) is 0 Å². The van der Waals surface area contributed by atoms with Crippen molar-refractivity contribution < 1.29 is 0 Å². The molecule has 5 heteroatoms. The van der Waals surface area contributed by atoms with Gasteiger partial charge in [0.1, 0.15) is 6.07 Å². The van der Waals surface area contributed by atoms with E-state index >= 15 is 0 Å². The molecule has 0 N–H and O–H groups in total. The van der Waals surface area contributed by atoms with Gasteiger partial charge < -0.3 is 4.57 Å². The zero-order valence-corrected chi connectivity index (χ0v) is 28.0. The van der Waals surface area contributed by atoms with Gasteiger partial charge in [-0.1, -0.05) is 133 Å². The molecule has 0 amide bonds. The summed E-state index contributed by atoms with van der Waals surface area (Å²) in [6, 6.07) is 65.1. The van der Waals surface area contributed by atoms with E-state index < -0.39 is 8.07 Å². The molecule has 0 aliphatic rings. The Labute approximate surface area is 291 Å². The Morgan fingerprint density at radius 1 is 0.420 bits per heavy atom. The summed E-state index contributed by atoms with van der Waals surface area (Å²) in [5.41, 5.74) is 5.47. The molecule has 8 rings (SSSR count). The SMILES string of the molecule is N#Cc1ccc2c(c1)c1ccccc1n2-c1cc(C#N)c(-c2ccc([Si](c3ccccc3)(c3ccccc3)c3ccccc3)cc2)cc1C#N. The monoisotopic (exact) mass is 652 g/mol. The lowest BCUT2D eigenvalue weighted by Gasteiger charge is -2.34. The second-order valence-electron chi connectivity index (χ2n) is 12.3. The van der Waals surface area contributed by atoms with Crippen LogP contribution in [0.15, 0.2) is 170 Å². The van der Waals surface area contributed by atoms with Gasteiger partial charge in [-0.3, -0.25) is 0 Å². The van der Waals surface area contributed by atoms with E-state index in [2.05, 4.69) is 133 Å². The van der Waals surface area contributed by atoms with Crippen LogP contribution in [-0.4, -0.2) is 12.6 Å². The van der Waals surface area contributed by atoms with Gasteiger partial charge in [-0.15, -0.1) is 0 Å². The fourth-order valence-corrected chi connectivity index (χ4v) is 12.2. The third kappa shape index (κ3) is 4.80. The van der Waals surface area contributed by atoms with Crippen LogP contribution < -0.4 is 20.7 Å². The van der Waals surface area contributed by atoms with Crippen molar-refractivity contribution in [2.45, 2.75) is 0 Å². The predicted molar refractivity (Wildman–Crippen MR) is 204 cm³/mol. The lowest BCUT2D eigenvalue weighted by atomic mass is 9.96. The van der Waals surface area contributed by atoms with E-state index in [0.29, 0.717) is 27.9 Å². The largest absolute Gasteiger partial charge is 0.308 e. The topological polar surface area (TPSA) is 76.3 Å². The summed E-state index contributed by atoms with van der Waals surface area (Å²) < 4.78 is 2.03. The van der Waals surface area contributed by atoms with Crippen LogP contribution in [0, 0.1) is 34.0 Å². The first-order valence-electron chi connectivity index (χ1n) is 16.4. The molecule has 0 radical (unpaired) electrons. The molecule has 232 valence electrons. The zero-order valence-electron chi connectivity index (χ0n) is 27.0. The summed E-state index contributed by atoms with van der Waals surface area (Å²) in [7, 11) is -2.71. The molecule has 0 bridgehead atoms. The summed E-state index contributed by atoms with van der Waals surface area (Å²) in [6.45, 7) is 0. The summed E-state index contributed by atoms with van der Waals surface area (Å²) in [4.78, 5) is 0. The molecule has 0 saturated heterocycles. The number of nitrogens with zero attached hydrogens (tertiary/aromatic N) is 4. The second kappa shape index (κ2) is 12.6. The Balaban J connectivity index is 1.31. The molecular formula is C45H28N4Si. The van der Waals surface area contributed by atoms with Gasteiger partial charge in [0.05, 0.1) is 45.5 Å². The number of para-hydroxylation sites is 1. The van der Waals surface area contributed by atoms with Gasteiger partial charge in [-0.25, -0.2) is 0 Å². The van der Waals surface area contributed by atoms with Gasteiger partial charge in [0.15, 0.2) is 8.07 Å². The highest BCUT2D eigenvalue weighted by molar-refractivity contribution is 7.19. The van der Waals surface area contributed by atoms with Crippen molar-refractivity contribution in [3.05, 3.63) is 187 Å². The lowest BCUT2D eigenvalue weighted by molar-refractivity contribution is 1.16. The first-order chi connectivity index (χ1) is 24.7. The number of fused-ring (bicyclic) bond motifs is 3. The van der Waals surface area contributed by atoms with E-state index in [1.54, 1.807) is 6.07 Å². The van der Waals surface area contributed by atoms with Crippen molar-refractivity contribution in [3.8, 4) is 35.0 Å². The smallest absolute Gasteiger partial charge is 0.179 e. The lowest BCUT2D eigenvalue weighted by Crippen LogP contribution is -2.74. The van der Waals surface area contributed by atoms with Gasteiger partial charge in [0.2, 0.25) is 0 Å². The first kappa shape index (κ1) is 30.4. The maximum absolute atomic E-state index is 10.5. The summed E-state index contributed by atoms with van der Waals surface area (Å²) in [5, 5.41) is 37.6. The van der Waals surface area contributed by atoms with Crippen LogP contribution in [0.5, 0.6) is 0 Å². The van der Waals surface area contributed by atoms with Crippen molar-refractivity contribution in [2.24, 2.45) is 0 Å². The van der Waals surface area contributed by atoms with Gasteiger partial charge >= 0.3 is 0 Å². The Hall–Kier alpha value is -6.97. The number of aromatic nitrogens is 1. The molecule has 0 spiro atoms. The minimum Gasteiger partial charge on any atom is -0.308 e. The van der Waals surface area contributed by atoms with Crippen molar-refractivity contribution in [1.82, 2.24) is 4.57 Å². The Bertz CT molecular complexity index is 2560. The number of benzene rings is 7. The summed E-state index contributed by atoms with van der Waals surface area (Å²) in [6.07, 6.45) is 0. The molecule has 50 heavy (non-hydrogen) atoms. The molecule has 0 fully saturated rings. The quantitative estimate of drug-likeness (QED) is 0.138. The number of hydrogen-bond acceptors (Lipinski definition) is 3. The number of nitriles is 3. The standard InChI is InChI=1S/C45H28N4Si/c46-29-32-20-25-44-42(26-32)40-18-10-11-19-43(40)49(44)45-28-34(30-47)41(27-35(45)31-48)33-21-23-39(24-22-33)50(36-12-4-1-5-13-36,37-14-6-2-7-15-37)38-16-8-3-9-17-38/h1-28H. The fourth-order valence-electron chi connectivity index (χ4n) is 7.46. The van der Waals surface area contributed by atoms with Crippen LogP contribution in [0.4, 0.5) is 0 Å². The molecule has 7 aromatic carbocycles. The van der Waals surface area contributed by atoms with E-state index in [9.17, 15) is 15.8 Å². The van der Waals surface area contributed by atoms with Gasteiger partial charge in [-0.2, -0.15) is 15.8 Å². The van der Waals surface area contributed by atoms with Gasteiger partial charge in [0.25, 0.3) is 0 Å². The Kier molecular flexibility index (Phi) is 7.63. The third-order valence-electron chi connectivity index (χ3n) is 9.67. The molecule has 1 aromatic heterocycles. The normalized spacial score (nSPS) is 11.1. The fraction of sp³-hybridized carbons (Fsp3) is 0. The summed E-state index contributed by atoms with van der Waals surface area (Å²) in [5.74, 6) is 0. The van der Waals surface area contributed by atoms with Crippen LogP contribution in [-0.2, 0) is 0 Å². The molecule has 8 aromatic rings. The molecule has 0 atom stereocenters. The highest BCUT2D eigenvalue weighted by atomic mass is 28.3. The second-order valence-corrected chi connectivity index (χ2v) is 16.1. The highest BCUT2D eigenvalue weighted by Crippen LogP contribution is 2.36. The molecular weight excluding hydrogens is 625 g/mol. The predicted octanol–water partition coefficient (Wildman–Crippen LogP) is 7.44. The van der Waals surface area contributed by atoms with E-state index in [1.165, 1.54) is 20.7 Å². The van der Waals surface area contributed by atoms with E-state index in [-0.39, 0.29) is 0 Å². The average Bonchev–Trinajstić information content (AvgIpc) is 3.52. The van der Waals surface area contributed by atoms with Crippen molar-refractivity contribution in [2.75, 3.05) is 0 Å². The molecule has 0 aliphatic carbocycles. The van der Waals surface area contributed by atoms with Gasteiger partial charge in [0, 0.05) is 16.3 Å².